The molecule has 6 N–H and O–H groups in total. The van der Waals surface area contributed by atoms with Gasteiger partial charge in [0, 0.05) is 12.1 Å². The molecular weight excluding hydrogens is 355 g/mol. The first-order valence-electron chi connectivity index (χ1n) is 6.61. The second-order valence-corrected chi connectivity index (χ2v) is 5.90. The van der Waals surface area contributed by atoms with Gasteiger partial charge in [-0.25, -0.2) is 4.57 Å². The summed E-state index contributed by atoms with van der Waals surface area (Å²) in [4.78, 5) is 33.9. The van der Waals surface area contributed by atoms with Crippen molar-refractivity contribution in [2.45, 2.75) is 0 Å². The van der Waals surface area contributed by atoms with E-state index in [-0.39, 0.29) is 33.8 Å². The minimum absolute atomic E-state index is 0.00775. The minimum Gasteiger partial charge on any atom is -0.508 e. The van der Waals surface area contributed by atoms with Crippen molar-refractivity contribution in [2.75, 3.05) is 0 Å². The fourth-order valence-corrected chi connectivity index (χ4v) is 2.06. The molecule has 0 atom stereocenters. The highest BCUT2D eigenvalue weighted by molar-refractivity contribution is 7.45. The lowest BCUT2D eigenvalue weighted by Crippen LogP contribution is -2.04. The standard InChI is InChI=1S/C15H10O5.H3O4P/c16-9-3-1-8(2-4-9)11-7-20-13-6-10(17)5-12(18)14(13)15(11)19;1-5(2,3)4/h1-7,16-18H;(H3,1,2,3,4). The summed E-state index contributed by atoms with van der Waals surface area (Å²) in [6, 6.07) is 8.40. The molecule has 0 unspecified atom stereocenters. The summed E-state index contributed by atoms with van der Waals surface area (Å²) in [6.45, 7) is 0. The van der Waals surface area contributed by atoms with Crippen LogP contribution in [0.3, 0.4) is 0 Å². The number of benzene rings is 2. The van der Waals surface area contributed by atoms with Gasteiger partial charge in [0.05, 0.1) is 5.56 Å². The maximum atomic E-state index is 12.4. The number of rotatable bonds is 1. The van der Waals surface area contributed by atoms with Crippen LogP contribution >= 0.6 is 7.82 Å². The molecule has 1 aromatic heterocycles. The van der Waals surface area contributed by atoms with E-state index in [1.54, 1.807) is 12.1 Å². The van der Waals surface area contributed by atoms with Crippen LogP contribution in [0.2, 0.25) is 0 Å². The highest BCUT2D eigenvalue weighted by Gasteiger charge is 2.13. The number of phenolic OH excluding ortho intramolecular Hbond substituents is 3. The molecule has 0 amide bonds. The third-order valence-corrected chi connectivity index (χ3v) is 3.02. The van der Waals surface area contributed by atoms with Gasteiger partial charge in [-0.3, -0.25) is 4.79 Å². The van der Waals surface area contributed by atoms with Gasteiger partial charge in [-0.05, 0) is 17.7 Å². The monoisotopic (exact) mass is 368 g/mol. The van der Waals surface area contributed by atoms with E-state index in [0.717, 1.165) is 6.07 Å². The van der Waals surface area contributed by atoms with Gasteiger partial charge in [0.15, 0.2) is 0 Å². The van der Waals surface area contributed by atoms with Crippen molar-refractivity contribution >= 4 is 18.8 Å². The van der Waals surface area contributed by atoms with Crippen LogP contribution in [0, 0.1) is 0 Å². The third-order valence-electron chi connectivity index (χ3n) is 3.02. The lowest BCUT2D eigenvalue weighted by atomic mass is 10.0. The quantitative estimate of drug-likeness (QED) is 0.350. The van der Waals surface area contributed by atoms with E-state index >= 15 is 0 Å². The minimum atomic E-state index is -4.64. The second kappa shape index (κ2) is 6.96. The molecule has 3 rings (SSSR count). The Bertz CT molecular complexity index is 994. The fraction of sp³-hybridized carbons (Fsp3) is 0. The Morgan fingerprint density at radius 1 is 0.880 bits per heavy atom. The Morgan fingerprint density at radius 3 is 2.00 bits per heavy atom. The second-order valence-electron chi connectivity index (χ2n) is 4.88. The van der Waals surface area contributed by atoms with E-state index in [1.807, 2.05) is 0 Å². The van der Waals surface area contributed by atoms with Crippen molar-refractivity contribution in [1.82, 2.24) is 0 Å². The zero-order chi connectivity index (χ0) is 18.8. The fourth-order valence-electron chi connectivity index (χ4n) is 2.06. The van der Waals surface area contributed by atoms with E-state index in [4.69, 9.17) is 23.7 Å². The molecule has 0 spiro atoms. The van der Waals surface area contributed by atoms with Gasteiger partial charge in [0.25, 0.3) is 0 Å². The average molecular weight is 368 g/mol. The van der Waals surface area contributed by atoms with Crippen molar-refractivity contribution < 1.29 is 39.0 Å². The largest absolute Gasteiger partial charge is 0.508 e. The molecule has 0 aliphatic heterocycles. The first kappa shape index (κ1) is 18.5. The molecule has 0 radical (unpaired) electrons. The molecule has 2 aromatic carbocycles. The Labute approximate surface area is 139 Å². The maximum absolute atomic E-state index is 12.4. The molecule has 10 heteroatoms. The topological polar surface area (TPSA) is 169 Å². The lowest BCUT2D eigenvalue weighted by Gasteiger charge is -2.05. The van der Waals surface area contributed by atoms with Crippen LogP contribution in [0.5, 0.6) is 17.2 Å². The summed E-state index contributed by atoms with van der Waals surface area (Å²) in [5, 5.41) is 28.4. The smallest absolute Gasteiger partial charge is 0.466 e. The summed E-state index contributed by atoms with van der Waals surface area (Å²) in [5.74, 6) is -0.434. The molecule has 132 valence electrons. The van der Waals surface area contributed by atoms with E-state index in [9.17, 15) is 20.1 Å². The van der Waals surface area contributed by atoms with Crippen LogP contribution in [-0.2, 0) is 4.57 Å². The Balaban J connectivity index is 0.000000399. The SMILES string of the molecule is O=P(O)(O)O.O=c1c(-c2ccc(O)cc2)coc2cc(O)cc(O)c12. The summed E-state index contributed by atoms with van der Waals surface area (Å²) in [6.07, 6.45) is 1.26. The number of hydrogen-bond acceptors (Lipinski definition) is 6. The number of phosphoric acid groups is 1. The summed E-state index contributed by atoms with van der Waals surface area (Å²) in [7, 11) is -4.64. The van der Waals surface area contributed by atoms with Gasteiger partial charge < -0.3 is 34.4 Å². The Hall–Kier alpha value is -2.84. The molecule has 1 heterocycles. The van der Waals surface area contributed by atoms with Crippen LogP contribution in [-0.4, -0.2) is 30.0 Å². The van der Waals surface area contributed by atoms with Crippen molar-refractivity contribution in [3.8, 4) is 28.4 Å². The first-order chi connectivity index (χ1) is 11.6. The highest BCUT2D eigenvalue weighted by Crippen LogP contribution is 2.29. The van der Waals surface area contributed by atoms with Crippen molar-refractivity contribution in [2.24, 2.45) is 0 Å². The number of fused-ring (bicyclic) bond motifs is 1. The normalized spacial score (nSPS) is 11.0. The van der Waals surface area contributed by atoms with Crippen LogP contribution in [0.4, 0.5) is 0 Å². The van der Waals surface area contributed by atoms with Crippen LogP contribution < -0.4 is 5.43 Å². The lowest BCUT2D eigenvalue weighted by molar-refractivity contribution is 0.275. The summed E-state index contributed by atoms with van der Waals surface area (Å²) in [5.41, 5.74) is 0.522. The molecule has 0 aliphatic carbocycles. The van der Waals surface area contributed by atoms with Gasteiger partial charge in [0.2, 0.25) is 5.43 Å². The Morgan fingerprint density at radius 2 is 1.44 bits per heavy atom. The molecule has 0 saturated heterocycles. The highest BCUT2D eigenvalue weighted by atomic mass is 31.2. The molecule has 9 nitrogen and oxygen atoms in total. The third kappa shape index (κ3) is 4.82. The summed E-state index contributed by atoms with van der Waals surface area (Å²) < 4.78 is 14.2. The molecule has 0 aliphatic rings. The first-order valence-corrected chi connectivity index (χ1v) is 8.18. The number of hydrogen-bond donors (Lipinski definition) is 6. The Kier molecular flexibility index (Phi) is 5.15. The van der Waals surface area contributed by atoms with Gasteiger partial charge in [-0.2, -0.15) is 0 Å². The van der Waals surface area contributed by atoms with E-state index < -0.39 is 13.3 Å². The molecule has 0 bridgehead atoms. The van der Waals surface area contributed by atoms with Crippen molar-refractivity contribution in [3.05, 3.63) is 52.9 Å². The molecule has 0 fully saturated rings. The predicted octanol–water partition coefficient (Wildman–Crippen LogP) is 1.65. The van der Waals surface area contributed by atoms with Crippen LogP contribution in [0.25, 0.3) is 22.1 Å². The number of phenols is 3. The van der Waals surface area contributed by atoms with E-state index in [0.29, 0.717) is 5.56 Å². The van der Waals surface area contributed by atoms with Crippen LogP contribution in [0.1, 0.15) is 0 Å². The summed E-state index contributed by atoms with van der Waals surface area (Å²) >= 11 is 0. The molecule has 25 heavy (non-hydrogen) atoms. The van der Waals surface area contributed by atoms with Gasteiger partial charge in [-0.15, -0.1) is 0 Å². The molecular formula is C15H13O9P. The zero-order valence-corrected chi connectivity index (χ0v) is 13.3. The van der Waals surface area contributed by atoms with Crippen molar-refractivity contribution in [1.29, 1.82) is 0 Å². The van der Waals surface area contributed by atoms with Gasteiger partial charge >= 0.3 is 7.82 Å². The average Bonchev–Trinajstić information content (AvgIpc) is 2.46. The van der Waals surface area contributed by atoms with E-state index in [1.165, 1.54) is 24.5 Å². The predicted molar refractivity (Wildman–Crippen MR) is 87.2 cm³/mol. The maximum Gasteiger partial charge on any atom is 0.466 e. The zero-order valence-electron chi connectivity index (χ0n) is 12.4. The van der Waals surface area contributed by atoms with Gasteiger partial charge in [-0.1, -0.05) is 12.1 Å². The number of aromatic hydroxyl groups is 3. The van der Waals surface area contributed by atoms with Gasteiger partial charge in [0.1, 0.15) is 34.5 Å². The van der Waals surface area contributed by atoms with E-state index in [2.05, 4.69) is 0 Å². The molecule has 3 aromatic rings. The molecule has 0 saturated carbocycles. The van der Waals surface area contributed by atoms with Crippen molar-refractivity contribution in [3.63, 3.8) is 0 Å². The van der Waals surface area contributed by atoms with Crippen LogP contribution in [0.15, 0.2) is 51.9 Å².